The van der Waals surface area contributed by atoms with E-state index in [2.05, 4.69) is 5.32 Å². The number of ketones is 1. The summed E-state index contributed by atoms with van der Waals surface area (Å²) in [6, 6.07) is 0.166. The van der Waals surface area contributed by atoms with E-state index in [1.54, 1.807) is 0 Å². The minimum absolute atomic E-state index is 0.166. The number of hydrogen-bond donors (Lipinski definition) is 1. The molecule has 1 atom stereocenters. The van der Waals surface area contributed by atoms with Gasteiger partial charge in [-0.05, 0) is 19.4 Å². The molecular formula is C7H13NO. The summed E-state index contributed by atoms with van der Waals surface area (Å²) in [5, 5.41) is 3.17. The van der Waals surface area contributed by atoms with Crippen LogP contribution in [0.25, 0.3) is 0 Å². The van der Waals surface area contributed by atoms with Gasteiger partial charge in [0.2, 0.25) is 0 Å². The summed E-state index contributed by atoms with van der Waals surface area (Å²) in [5.74, 6) is 0.392. The molecule has 0 spiro atoms. The highest BCUT2D eigenvalue weighted by atomic mass is 16.1. The summed E-state index contributed by atoms with van der Waals surface area (Å²) in [6.45, 7) is 3.06. The van der Waals surface area contributed by atoms with Crippen LogP contribution >= 0.6 is 0 Å². The topological polar surface area (TPSA) is 29.1 Å². The van der Waals surface area contributed by atoms with Crippen LogP contribution in [0.3, 0.4) is 0 Å². The maximum atomic E-state index is 11.0. The second-order valence-corrected chi connectivity index (χ2v) is 2.48. The van der Waals surface area contributed by atoms with Crippen molar-refractivity contribution in [2.75, 3.05) is 6.54 Å². The van der Waals surface area contributed by atoms with Crippen molar-refractivity contribution in [2.24, 2.45) is 0 Å². The predicted octanol–water partition coefficient (Wildman–Crippen LogP) is 0.717. The molecule has 1 aliphatic rings. The van der Waals surface area contributed by atoms with E-state index < -0.39 is 0 Å². The molecule has 9 heavy (non-hydrogen) atoms. The van der Waals surface area contributed by atoms with E-state index in [0.717, 1.165) is 25.8 Å². The van der Waals surface area contributed by atoms with Gasteiger partial charge in [-0.1, -0.05) is 6.92 Å². The first-order chi connectivity index (χ1) is 4.34. The molecule has 1 unspecified atom stereocenters. The first kappa shape index (κ1) is 6.75. The van der Waals surface area contributed by atoms with Crippen molar-refractivity contribution in [1.29, 1.82) is 0 Å². The standard InChI is InChI=1S/C7H13NO/c1-2-6-7(9)4-3-5-8-6/h6,8H,2-5H2,1H3. The molecule has 52 valence electrons. The Bertz CT molecular complexity index is 111. The molecule has 1 heterocycles. The molecule has 0 amide bonds. The van der Waals surface area contributed by atoms with Crippen LogP contribution in [0.5, 0.6) is 0 Å². The van der Waals surface area contributed by atoms with E-state index >= 15 is 0 Å². The maximum absolute atomic E-state index is 11.0. The molecule has 0 bridgehead atoms. The summed E-state index contributed by atoms with van der Waals surface area (Å²) in [5.41, 5.74) is 0. The number of hydrogen-bond acceptors (Lipinski definition) is 2. The summed E-state index contributed by atoms with van der Waals surface area (Å²) in [6.07, 6.45) is 2.75. The van der Waals surface area contributed by atoms with Crippen LogP contribution in [0, 0.1) is 0 Å². The third-order valence-corrected chi connectivity index (χ3v) is 1.79. The fraction of sp³-hybridized carbons (Fsp3) is 0.857. The largest absolute Gasteiger partial charge is 0.307 e. The van der Waals surface area contributed by atoms with Gasteiger partial charge in [0.05, 0.1) is 6.04 Å². The third kappa shape index (κ3) is 1.52. The van der Waals surface area contributed by atoms with Gasteiger partial charge >= 0.3 is 0 Å². The lowest BCUT2D eigenvalue weighted by Gasteiger charge is -2.20. The van der Waals surface area contributed by atoms with Crippen LogP contribution in [0.1, 0.15) is 26.2 Å². The van der Waals surface area contributed by atoms with Crippen molar-refractivity contribution < 1.29 is 4.79 Å². The fourth-order valence-corrected chi connectivity index (χ4v) is 1.20. The Morgan fingerprint density at radius 2 is 2.56 bits per heavy atom. The molecule has 0 aromatic carbocycles. The highest BCUT2D eigenvalue weighted by Crippen LogP contribution is 2.04. The second kappa shape index (κ2) is 2.97. The van der Waals surface area contributed by atoms with Gasteiger partial charge in [-0.2, -0.15) is 0 Å². The van der Waals surface area contributed by atoms with Crippen LogP contribution < -0.4 is 5.32 Å². The van der Waals surface area contributed by atoms with Crippen molar-refractivity contribution >= 4 is 5.78 Å². The summed E-state index contributed by atoms with van der Waals surface area (Å²) < 4.78 is 0. The summed E-state index contributed by atoms with van der Waals surface area (Å²) in [4.78, 5) is 11.0. The van der Waals surface area contributed by atoms with Crippen LogP contribution in [-0.2, 0) is 4.79 Å². The van der Waals surface area contributed by atoms with Crippen LogP contribution in [0.15, 0.2) is 0 Å². The highest BCUT2D eigenvalue weighted by Gasteiger charge is 2.18. The van der Waals surface area contributed by atoms with Crippen LogP contribution in [0.2, 0.25) is 0 Å². The van der Waals surface area contributed by atoms with Crippen molar-refractivity contribution in [2.45, 2.75) is 32.2 Å². The van der Waals surface area contributed by atoms with Crippen molar-refractivity contribution in [3.63, 3.8) is 0 Å². The van der Waals surface area contributed by atoms with Gasteiger partial charge in [0.15, 0.2) is 0 Å². The normalized spacial score (nSPS) is 28.6. The van der Waals surface area contributed by atoms with Gasteiger partial charge in [-0.25, -0.2) is 0 Å². The Balaban J connectivity index is 2.39. The van der Waals surface area contributed by atoms with Gasteiger partial charge in [0.1, 0.15) is 5.78 Å². The van der Waals surface area contributed by atoms with Crippen molar-refractivity contribution in [3.05, 3.63) is 0 Å². The minimum atomic E-state index is 0.166. The first-order valence-electron chi connectivity index (χ1n) is 3.60. The van der Waals surface area contributed by atoms with E-state index in [1.807, 2.05) is 6.92 Å². The Labute approximate surface area is 55.6 Å². The second-order valence-electron chi connectivity index (χ2n) is 2.48. The van der Waals surface area contributed by atoms with Gasteiger partial charge < -0.3 is 5.32 Å². The molecule has 1 aliphatic heterocycles. The molecule has 0 saturated carbocycles. The average molecular weight is 127 g/mol. The quantitative estimate of drug-likeness (QED) is 0.562. The highest BCUT2D eigenvalue weighted by molar-refractivity contribution is 5.84. The van der Waals surface area contributed by atoms with Gasteiger partial charge in [0.25, 0.3) is 0 Å². The van der Waals surface area contributed by atoms with Crippen molar-refractivity contribution in [3.8, 4) is 0 Å². The first-order valence-corrected chi connectivity index (χ1v) is 3.60. The average Bonchev–Trinajstić information content (AvgIpc) is 1.89. The molecule has 1 rings (SSSR count). The molecule has 1 saturated heterocycles. The van der Waals surface area contributed by atoms with Crippen molar-refractivity contribution in [1.82, 2.24) is 5.32 Å². The lowest BCUT2D eigenvalue weighted by Crippen LogP contribution is -2.40. The number of carbonyl (C=O) groups is 1. The smallest absolute Gasteiger partial charge is 0.149 e. The van der Waals surface area contributed by atoms with Crippen LogP contribution in [0.4, 0.5) is 0 Å². The zero-order valence-corrected chi connectivity index (χ0v) is 5.81. The maximum Gasteiger partial charge on any atom is 0.149 e. The van der Waals surface area contributed by atoms with E-state index in [0.29, 0.717) is 5.78 Å². The predicted molar refractivity (Wildman–Crippen MR) is 36.3 cm³/mol. The minimum Gasteiger partial charge on any atom is -0.307 e. The molecule has 0 aliphatic carbocycles. The van der Waals surface area contributed by atoms with Gasteiger partial charge in [0, 0.05) is 6.42 Å². The number of piperidine rings is 1. The molecule has 0 aromatic rings. The van der Waals surface area contributed by atoms with Gasteiger partial charge in [-0.15, -0.1) is 0 Å². The van der Waals surface area contributed by atoms with E-state index in [-0.39, 0.29) is 6.04 Å². The monoisotopic (exact) mass is 127 g/mol. The molecule has 2 nitrogen and oxygen atoms in total. The lowest BCUT2D eigenvalue weighted by atomic mass is 10.0. The molecule has 1 fully saturated rings. The molecule has 2 heteroatoms. The molecule has 1 N–H and O–H groups in total. The number of Topliss-reactive ketones (excluding diaryl/α,β-unsaturated/α-hetero) is 1. The summed E-state index contributed by atoms with van der Waals surface area (Å²) in [7, 11) is 0. The molecule has 0 radical (unpaired) electrons. The fourth-order valence-electron chi connectivity index (χ4n) is 1.20. The zero-order valence-electron chi connectivity index (χ0n) is 5.81. The number of rotatable bonds is 1. The number of nitrogens with one attached hydrogen (secondary N) is 1. The molecule has 0 aromatic heterocycles. The van der Waals surface area contributed by atoms with E-state index in [4.69, 9.17) is 0 Å². The van der Waals surface area contributed by atoms with Crippen LogP contribution in [-0.4, -0.2) is 18.4 Å². The molecular weight excluding hydrogens is 114 g/mol. The Hall–Kier alpha value is -0.370. The Morgan fingerprint density at radius 1 is 1.78 bits per heavy atom. The van der Waals surface area contributed by atoms with E-state index in [1.165, 1.54) is 0 Å². The lowest BCUT2D eigenvalue weighted by molar-refractivity contribution is -0.122. The van der Waals surface area contributed by atoms with E-state index in [9.17, 15) is 4.79 Å². The third-order valence-electron chi connectivity index (χ3n) is 1.79. The SMILES string of the molecule is CCC1NCCCC1=O. The van der Waals surface area contributed by atoms with Gasteiger partial charge in [-0.3, -0.25) is 4.79 Å². The zero-order chi connectivity index (χ0) is 6.69. The Kier molecular flexibility index (Phi) is 2.22. The number of carbonyl (C=O) groups excluding carboxylic acids is 1. The summed E-state index contributed by atoms with van der Waals surface area (Å²) >= 11 is 0. The Morgan fingerprint density at radius 3 is 3.00 bits per heavy atom.